The number of carbonyl (C=O) groups is 2. The third-order valence-corrected chi connectivity index (χ3v) is 3.53. The second-order valence-electron chi connectivity index (χ2n) is 5.10. The molecule has 110 valence electrons. The number of benzene rings is 1. The minimum absolute atomic E-state index is 0.0109. The number of fused-ring (bicyclic) bond motifs is 1. The maximum atomic E-state index is 12.0. The Morgan fingerprint density at radius 2 is 2.09 bits per heavy atom. The molecular weight excluding hydrogens is 278 g/mol. The number of anilines is 1. The number of allylic oxidation sites excluding steroid dienone is 5. The van der Waals surface area contributed by atoms with Gasteiger partial charge in [0.15, 0.2) is 5.78 Å². The van der Waals surface area contributed by atoms with Crippen LogP contribution in [0.4, 0.5) is 5.69 Å². The fourth-order valence-electron chi connectivity index (χ4n) is 2.50. The van der Waals surface area contributed by atoms with Gasteiger partial charge in [0, 0.05) is 5.56 Å². The van der Waals surface area contributed by atoms with Crippen LogP contribution in [0.1, 0.15) is 5.56 Å². The fourth-order valence-corrected chi connectivity index (χ4v) is 2.50. The van der Waals surface area contributed by atoms with Gasteiger partial charge in [0.1, 0.15) is 6.54 Å². The summed E-state index contributed by atoms with van der Waals surface area (Å²) in [7, 11) is 0. The van der Waals surface area contributed by atoms with Crippen LogP contribution in [0.15, 0.2) is 59.2 Å². The van der Waals surface area contributed by atoms with Crippen molar-refractivity contribution in [2.75, 3.05) is 11.6 Å². The molecule has 0 aromatic heterocycles. The third-order valence-electron chi connectivity index (χ3n) is 3.53. The van der Waals surface area contributed by atoms with Gasteiger partial charge >= 0.3 is 0 Å². The van der Waals surface area contributed by atoms with Crippen molar-refractivity contribution in [2.24, 2.45) is 16.8 Å². The van der Waals surface area contributed by atoms with Crippen LogP contribution in [-0.2, 0) is 9.59 Å². The molecule has 0 spiro atoms. The van der Waals surface area contributed by atoms with E-state index < -0.39 is 5.91 Å². The first-order valence-corrected chi connectivity index (χ1v) is 6.94. The second-order valence-corrected chi connectivity index (χ2v) is 5.10. The average Bonchev–Trinajstić information content (AvgIpc) is 2.67. The van der Waals surface area contributed by atoms with E-state index in [-0.39, 0.29) is 18.2 Å². The van der Waals surface area contributed by atoms with E-state index in [4.69, 9.17) is 5.73 Å². The van der Waals surface area contributed by atoms with Crippen LogP contribution in [-0.4, -0.2) is 24.4 Å². The molecule has 2 aliphatic rings. The molecule has 1 unspecified atom stereocenters. The molecule has 1 aliphatic carbocycles. The molecule has 0 bridgehead atoms. The first-order chi connectivity index (χ1) is 10.6. The lowest BCUT2D eigenvalue weighted by atomic mass is 9.90. The molecule has 1 amide bonds. The normalized spacial score (nSPS) is 19.6. The molecule has 0 saturated carbocycles. The molecule has 5 heteroatoms. The van der Waals surface area contributed by atoms with Crippen molar-refractivity contribution in [3.63, 3.8) is 0 Å². The van der Waals surface area contributed by atoms with E-state index in [1.807, 2.05) is 42.5 Å². The van der Waals surface area contributed by atoms with Gasteiger partial charge in [-0.25, -0.2) is 0 Å². The third kappa shape index (κ3) is 2.74. The fraction of sp³-hybridized carbons (Fsp3) is 0.118. The second kappa shape index (κ2) is 5.81. The van der Waals surface area contributed by atoms with Crippen molar-refractivity contribution >= 4 is 29.7 Å². The van der Waals surface area contributed by atoms with Crippen molar-refractivity contribution in [1.82, 2.24) is 0 Å². The molecule has 1 aromatic carbocycles. The van der Waals surface area contributed by atoms with E-state index >= 15 is 0 Å². The van der Waals surface area contributed by atoms with Gasteiger partial charge in [-0.15, -0.1) is 0 Å². The summed E-state index contributed by atoms with van der Waals surface area (Å²) in [6.07, 6.45) is 10.5. The van der Waals surface area contributed by atoms with Crippen LogP contribution in [0.25, 0.3) is 6.08 Å². The zero-order valence-corrected chi connectivity index (χ0v) is 11.8. The molecule has 3 rings (SSSR count). The van der Waals surface area contributed by atoms with Crippen molar-refractivity contribution in [3.05, 3.63) is 59.7 Å². The number of ketones is 1. The summed E-state index contributed by atoms with van der Waals surface area (Å²) < 4.78 is 0. The summed E-state index contributed by atoms with van der Waals surface area (Å²) in [5.74, 6) is -0.802. The minimum atomic E-state index is -0.466. The highest BCUT2D eigenvalue weighted by Gasteiger charge is 2.22. The van der Waals surface area contributed by atoms with E-state index in [1.165, 1.54) is 0 Å². The van der Waals surface area contributed by atoms with Crippen LogP contribution in [0, 0.1) is 5.92 Å². The lowest BCUT2D eigenvalue weighted by Gasteiger charge is -2.17. The smallest absolute Gasteiger partial charge is 0.239 e. The molecule has 1 atom stereocenters. The van der Waals surface area contributed by atoms with Crippen molar-refractivity contribution in [2.45, 2.75) is 0 Å². The molecule has 2 N–H and O–H groups in total. The number of primary amides is 1. The molecular formula is C17H15N3O2. The topological polar surface area (TPSA) is 75.8 Å². The molecule has 1 heterocycles. The number of amides is 1. The maximum absolute atomic E-state index is 12.0. The lowest BCUT2D eigenvalue weighted by molar-refractivity contribution is -0.117. The highest BCUT2D eigenvalue weighted by molar-refractivity contribution is 6.04. The number of hydrogen-bond acceptors (Lipinski definition) is 4. The highest BCUT2D eigenvalue weighted by Crippen LogP contribution is 2.28. The van der Waals surface area contributed by atoms with Gasteiger partial charge < -0.3 is 5.73 Å². The van der Waals surface area contributed by atoms with E-state index in [9.17, 15) is 9.59 Å². The summed E-state index contributed by atoms with van der Waals surface area (Å²) >= 11 is 0. The van der Waals surface area contributed by atoms with Gasteiger partial charge in [0.25, 0.3) is 0 Å². The Kier molecular flexibility index (Phi) is 3.70. The quantitative estimate of drug-likeness (QED) is 0.921. The SMILES string of the molecule is NC(=O)CN1N=CC(C2C=CC=CC2=O)=Cc2ccccc21. The van der Waals surface area contributed by atoms with Gasteiger partial charge in [-0.1, -0.05) is 36.4 Å². The first-order valence-electron chi connectivity index (χ1n) is 6.94. The van der Waals surface area contributed by atoms with Gasteiger partial charge in [-0.05, 0) is 23.8 Å². The summed E-state index contributed by atoms with van der Waals surface area (Å²) in [6, 6.07) is 7.56. The lowest BCUT2D eigenvalue weighted by Crippen LogP contribution is -2.30. The zero-order valence-electron chi connectivity index (χ0n) is 11.8. The van der Waals surface area contributed by atoms with E-state index in [2.05, 4.69) is 5.10 Å². The molecule has 0 saturated heterocycles. The van der Waals surface area contributed by atoms with Crippen LogP contribution in [0.5, 0.6) is 0 Å². The Balaban J connectivity index is 2.03. The first kappa shape index (κ1) is 14.0. The summed E-state index contributed by atoms with van der Waals surface area (Å²) in [5, 5.41) is 5.87. The predicted molar refractivity (Wildman–Crippen MR) is 86.2 cm³/mol. The van der Waals surface area contributed by atoms with Crippen molar-refractivity contribution < 1.29 is 9.59 Å². The van der Waals surface area contributed by atoms with E-state index in [0.29, 0.717) is 0 Å². The number of hydrogen-bond donors (Lipinski definition) is 1. The number of rotatable bonds is 3. The number of hydrazone groups is 1. The highest BCUT2D eigenvalue weighted by atomic mass is 16.1. The standard InChI is InChI=1S/C17H15N3O2/c18-17(22)11-20-15-7-3-1-5-12(15)9-13(10-19-20)14-6-2-4-8-16(14)21/h1-10,14H,11H2,(H2,18,22). The molecule has 1 aromatic rings. The van der Waals surface area contributed by atoms with E-state index in [0.717, 1.165) is 16.8 Å². The number of carbonyl (C=O) groups excluding carboxylic acids is 2. The van der Waals surface area contributed by atoms with Gasteiger partial charge in [0.05, 0.1) is 17.8 Å². The number of nitrogens with two attached hydrogens (primary N) is 1. The zero-order chi connectivity index (χ0) is 15.5. The predicted octanol–water partition coefficient (Wildman–Crippen LogP) is 1.67. The number of nitrogens with zero attached hydrogens (tertiary/aromatic N) is 2. The Hall–Kier alpha value is -2.95. The molecule has 5 nitrogen and oxygen atoms in total. The van der Waals surface area contributed by atoms with Gasteiger partial charge in [-0.3, -0.25) is 14.6 Å². The molecule has 1 aliphatic heterocycles. The van der Waals surface area contributed by atoms with Crippen molar-refractivity contribution in [3.8, 4) is 0 Å². The van der Waals surface area contributed by atoms with Crippen LogP contribution >= 0.6 is 0 Å². The van der Waals surface area contributed by atoms with Gasteiger partial charge in [0.2, 0.25) is 5.91 Å². The monoisotopic (exact) mass is 293 g/mol. The van der Waals surface area contributed by atoms with E-state index in [1.54, 1.807) is 23.4 Å². The maximum Gasteiger partial charge on any atom is 0.239 e. The molecule has 0 radical (unpaired) electrons. The summed E-state index contributed by atoms with van der Waals surface area (Å²) in [6.45, 7) is -0.0109. The Morgan fingerprint density at radius 1 is 1.27 bits per heavy atom. The molecule has 0 fully saturated rings. The van der Waals surface area contributed by atoms with Crippen molar-refractivity contribution in [1.29, 1.82) is 0 Å². The minimum Gasteiger partial charge on any atom is -0.368 e. The summed E-state index contributed by atoms with van der Waals surface area (Å²) in [5.41, 5.74) is 7.75. The number of para-hydroxylation sites is 1. The molecule has 22 heavy (non-hydrogen) atoms. The Labute approximate surface area is 128 Å². The Bertz CT molecular complexity index is 744. The van der Waals surface area contributed by atoms with Crippen LogP contribution in [0.2, 0.25) is 0 Å². The van der Waals surface area contributed by atoms with Crippen LogP contribution in [0.3, 0.4) is 0 Å². The van der Waals surface area contributed by atoms with Gasteiger partial charge in [-0.2, -0.15) is 5.10 Å². The summed E-state index contributed by atoms with van der Waals surface area (Å²) in [4.78, 5) is 23.3. The largest absolute Gasteiger partial charge is 0.368 e. The Morgan fingerprint density at radius 3 is 2.86 bits per heavy atom. The average molecular weight is 293 g/mol. The van der Waals surface area contributed by atoms with Crippen LogP contribution < -0.4 is 10.7 Å².